The summed E-state index contributed by atoms with van der Waals surface area (Å²) >= 11 is 3.19. The van der Waals surface area contributed by atoms with Gasteiger partial charge in [0, 0.05) is 11.3 Å². The minimum atomic E-state index is -0.00342. The molecular formula is C14H22N4S2. The molecule has 2 N–H and O–H groups in total. The summed E-state index contributed by atoms with van der Waals surface area (Å²) in [7, 11) is 0. The monoisotopic (exact) mass is 310 g/mol. The molecule has 6 heteroatoms. The number of nitrogens with two attached hydrogens (primary N) is 1. The molecule has 20 heavy (non-hydrogen) atoms. The molecule has 110 valence electrons. The van der Waals surface area contributed by atoms with Crippen molar-refractivity contribution in [1.29, 1.82) is 0 Å². The Labute approximate surface area is 128 Å². The maximum absolute atomic E-state index is 5.72. The Morgan fingerprint density at radius 2 is 1.75 bits per heavy atom. The first-order valence-electron chi connectivity index (χ1n) is 6.97. The highest BCUT2D eigenvalue weighted by Gasteiger charge is 2.27. The van der Waals surface area contributed by atoms with Crippen LogP contribution >= 0.6 is 22.7 Å². The van der Waals surface area contributed by atoms with Crippen LogP contribution in [0, 0.1) is 0 Å². The van der Waals surface area contributed by atoms with Crippen LogP contribution in [0.2, 0.25) is 0 Å². The predicted octanol–water partition coefficient (Wildman–Crippen LogP) is 4.44. The van der Waals surface area contributed by atoms with Gasteiger partial charge in [-0.05, 0) is 12.8 Å². The zero-order chi connectivity index (χ0) is 14.9. The Balaban J connectivity index is 2.54. The fourth-order valence-corrected chi connectivity index (χ4v) is 4.35. The van der Waals surface area contributed by atoms with Crippen LogP contribution in [0.15, 0.2) is 0 Å². The van der Waals surface area contributed by atoms with Crippen LogP contribution in [-0.4, -0.2) is 15.2 Å². The lowest BCUT2D eigenvalue weighted by atomic mass is 9.91. The van der Waals surface area contributed by atoms with Crippen LogP contribution in [0.5, 0.6) is 0 Å². The summed E-state index contributed by atoms with van der Waals surface area (Å²) in [6.07, 6.45) is 2.23. The first-order chi connectivity index (χ1) is 9.36. The van der Waals surface area contributed by atoms with Crippen LogP contribution in [0.4, 0.5) is 5.13 Å². The Morgan fingerprint density at radius 1 is 1.10 bits per heavy atom. The average molecular weight is 310 g/mol. The van der Waals surface area contributed by atoms with Gasteiger partial charge < -0.3 is 5.73 Å². The first kappa shape index (κ1) is 15.4. The molecule has 0 amide bonds. The van der Waals surface area contributed by atoms with Gasteiger partial charge in [-0.15, -0.1) is 21.5 Å². The SMILES string of the molecule is CCC(CC)c1nc(C(C)(C)C)c(-c2nnc(N)s2)s1. The quantitative estimate of drug-likeness (QED) is 0.906. The van der Waals surface area contributed by atoms with Crippen molar-refractivity contribution < 1.29 is 0 Å². The topological polar surface area (TPSA) is 64.7 Å². The third kappa shape index (κ3) is 3.01. The first-order valence-corrected chi connectivity index (χ1v) is 8.60. The average Bonchev–Trinajstić information content (AvgIpc) is 2.96. The summed E-state index contributed by atoms with van der Waals surface area (Å²) in [6, 6.07) is 0. The second-order valence-corrected chi connectivity index (χ2v) is 7.98. The van der Waals surface area contributed by atoms with Gasteiger partial charge in [0.25, 0.3) is 0 Å². The molecule has 0 unspecified atom stereocenters. The highest BCUT2D eigenvalue weighted by Crippen LogP contribution is 2.41. The molecule has 2 rings (SSSR count). The molecule has 2 heterocycles. The smallest absolute Gasteiger partial charge is 0.203 e. The predicted molar refractivity (Wildman–Crippen MR) is 87.5 cm³/mol. The summed E-state index contributed by atoms with van der Waals surface area (Å²) in [5, 5.41) is 10.7. The number of anilines is 1. The lowest BCUT2D eigenvalue weighted by Gasteiger charge is -2.16. The van der Waals surface area contributed by atoms with E-state index in [9.17, 15) is 0 Å². The van der Waals surface area contributed by atoms with Gasteiger partial charge in [-0.1, -0.05) is 46.0 Å². The lowest BCUT2D eigenvalue weighted by molar-refractivity contribution is 0.563. The Hall–Kier alpha value is -1.01. The van der Waals surface area contributed by atoms with Crippen LogP contribution < -0.4 is 5.73 Å². The van der Waals surface area contributed by atoms with E-state index in [-0.39, 0.29) is 5.41 Å². The third-order valence-corrected chi connectivity index (χ3v) is 5.45. The Bertz CT molecular complexity index is 576. The number of rotatable bonds is 4. The number of nitrogen functional groups attached to an aromatic ring is 1. The second-order valence-electron chi connectivity index (χ2n) is 5.94. The number of hydrogen-bond acceptors (Lipinski definition) is 6. The van der Waals surface area contributed by atoms with Crippen LogP contribution in [0.1, 0.15) is 64.1 Å². The van der Waals surface area contributed by atoms with E-state index >= 15 is 0 Å². The molecule has 0 atom stereocenters. The number of nitrogens with zero attached hydrogens (tertiary/aromatic N) is 3. The van der Waals surface area contributed by atoms with E-state index in [0.29, 0.717) is 11.0 Å². The van der Waals surface area contributed by atoms with E-state index in [4.69, 9.17) is 10.7 Å². The standard InChI is InChI=1S/C14H22N4S2/c1-6-8(7-2)11-16-10(14(3,4)5)9(19-11)12-17-18-13(15)20-12/h8H,6-7H2,1-5H3,(H2,15,18). The van der Waals surface area contributed by atoms with E-state index in [0.717, 1.165) is 28.4 Å². The van der Waals surface area contributed by atoms with Crippen molar-refractivity contribution in [3.8, 4) is 9.88 Å². The molecule has 4 nitrogen and oxygen atoms in total. The van der Waals surface area contributed by atoms with Gasteiger partial charge in [0.05, 0.1) is 15.6 Å². The van der Waals surface area contributed by atoms with Gasteiger partial charge in [-0.3, -0.25) is 0 Å². The molecule has 0 aliphatic carbocycles. The van der Waals surface area contributed by atoms with Crippen molar-refractivity contribution in [3.05, 3.63) is 10.7 Å². The molecule has 0 saturated heterocycles. The fraction of sp³-hybridized carbons (Fsp3) is 0.643. The molecular weight excluding hydrogens is 288 g/mol. The number of aromatic nitrogens is 3. The van der Waals surface area contributed by atoms with E-state index < -0.39 is 0 Å². The summed E-state index contributed by atoms with van der Waals surface area (Å²) in [4.78, 5) is 6.06. The maximum atomic E-state index is 5.72. The molecule has 0 aromatic carbocycles. The van der Waals surface area contributed by atoms with Crippen molar-refractivity contribution >= 4 is 27.8 Å². The molecule has 0 saturated carbocycles. The molecule has 2 aromatic heterocycles. The third-order valence-electron chi connectivity index (χ3n) is 3.32. The molecule has 2 aromatic rings. The van der Waals surface area contributed by atoms with E-state index in [2.05, 4.69) is 44.8 Å². The van der Waals surface area contributed by atoms with Crippen LogP contribution in [0.3, 0.4) is 0 Å². The minimum absolute atomic E-state index is 0.00342. The van der Waals surface area contributed by atoms with Crippen molar-refractivity contribution in [1.82, 2.24) is 15.2 Å². The molecule has 0 bridgehead atoms. The molecule has 0 spiro atoms. The zero-order valence-electron chi connectivity index (χ0n) is 12.7. The fourth-order valence-electron chi connectivity index (χ4n) is 2.13. The van der Waals surface area contributed by atoms with Crippen molar-refractivity contribution in [2.45, 2.75) is 58.8 Å². The summed E-state index contributed by atoms with van der Waals surface area (Å²) in [5.41, 5.74) is 6.83. The van der Waals surface area contributed by atoms with Gasteiger partial charge in [0.2, 0.25) is 5.13 Å². The van der Waals surface area contributed by atoms with Crippen LogP contribution in [0.25, 0.3) is 9.88 Å². The zero-order valence-corrected chi connectivity index (χ0v) is 14.4. The van der Waals surface area contributed by atoms with E-state index in [1.165, 1.54) is 16.3 Å². The maximum Gasteiger partial charge on any atom is 0.203 e. The van der Waals surface area contributed by atoms with Gasteiger partial charge in [0.1, 0.15) is 0 Å². The Morgan fingerprint density at radius 3 is 2.20 bits per heavy atom. The van der Waals surface area contributed by atoms with E-state index in [1.54, 1.807) is 11.3 Å². The van der Waals surface area contributed by atoms with Gasteiger partial charge in [0.15, 0.2) is 5.01 Å². The number of thiazole rings is 1. The summed E-state index contributed by atoms with van der Waals surface area (Å²) in [5.74, 6) is 0.528. The van der Waals surface area contributed by atoms with Crippen molar-refractivity contribution in [2.24, 2.45) is 0 Å². The lowest BCUT2D eigenvalue weighted by Crippen LogP contribution is -2.13. The van der Waals surface area contributed by atoms with Crippen molar-refractivity contribution in [2.75, 3.05) is 5.73 Å². The molecule has 0 radical (unpaired) electrons. The molecule has 0 aliphatic rings. The van der Waals surface area contributed by atoms with E-state index in [1.807, 2.05) is 0 Å². The normalized spacial score (nSPS) is 12.3. The Kier molecular flexibility index (Phi) is 4.44. The number of hydrogen-bond donors (Lipinski definition) is 1. The van der Waals surface area contributed by atoms with Gasteiger partial charge in [-0.25, -0.2) is 4.98 Å². The molecule has 0 fully saturated rings. The highest BCUT2D eigenvalue weighted by molar-refractivity contribution is 7.23. The van der Waals surface area contributed by atoms with Gasteiger partial charge in [-0.2, -0.15) is 0 Å². The summed E-state index contributed by atoms with van der Waals surface area (Å²) in [6.45, 7) is 11.0. The summed E-state index contributed by atoms with van der Waals surface area (Å²) < 4.78 is 0. The molecule has 0 aliphatic heterocycles. The minimum Gasteiger partial charge on any atom is -0.374 e. The van der Waals surface area contributed by atoms with Crippen molar-refractivity contribution in [3.63, 3.8) is 0 Å². The van der Waals surface area contributed by atoms with Gasteiger partial charge >= 0.3 is 0 Å². The largest absolute Gasteiger partial charge is 0.374 e. The highest BCUT2D eigenvalue weighted by atomic mass is 32.1. The second kappa shape index (κ2) is 5.77. The van der Waals surface area contributed by atoms with Crippen LogP contribution in [-0.2, 0) is 5.41 Å².